The van der Waals surface area contributed by atoms with Gasteiger partial charge < -0.3 is 20.0 Å². The van der Waals surface area contributed by atoms with Gasteiger partial charge in [0.1, 0.15) is 0 Å². The van der Waals surface area contributed by atoms with Crippen molar-refractivity contribution < 1.29 is 0 Å². The van der Waals surface area contributed by atoms with Crippen LogP contribution in [0.4, 0.5) is 5.69 Å². The maximum atomic E-state index is 4.54. The minimum atomic E-state index is 0.534. The number of hydrogen-bond donors (Lipinski definition) is 1. The van der Waals surface area contributed by atoms with Crippen LogP contribution in [0.15, 0.2) is 35.3 Å². The monoisotopic (exact) mass is 372 g/mol. The van der Waals surface area contributed by atoms with Gasteiger partial charge in [-0.3, -0.25) is 9.89 Å². The minimum Gasteiger partial charge on any atom is -0.368 e. The molecule has 0 aromatic heterocycles. The van der Waals surface area contributed by atoms with Crippen LogP contribution in [0.1, 0.15) is 13.8 Å². The Balaban J connectivity index is 1.43. The van der Waals surface area contributed by atoms with E-state index in [9.17, 15) is 0 Å². The summed E-state index contributed by atoms with van der Waals surface area (Å²) in [5.41, 5.74) is 1.32. The molecule has 27 heavy (non-hydrogen) atoms. The molecular formula is C21H36N6. The Morgan fingerprint density at radius 3 is 2.26 bits per heavy atom. The molecule has 0 aliphatic carbocycles. The summed E-state index contributed by atoms with van der Waals surface area (Å²) in [7, 11) is 1.90. The van der Waals surface area contributed by atoms with Crippen LogP contribution < -0.4 is 10.2 Å². The fourth-order valence-electron chi connectivity index (χ4n) is 4.04. The zero-order valence-electron chi connectivity index (χ0n) is 17.3. The average molecular weight is 373 g/mol. The summed E-state index contributed by atoms with van der Waals surface area (Å²) in [4.78, 5) is 14.5. The third-order valence-corrected chi connectivity index (χ3v) is 5.95. The van der Waals surface area contributed by atoms with Crippen molar-refractivity contribution in [3.8, 4) is 0 Å². The van der Waals surface area contributed by atoms with Crippen LogP contribution >= 0.6 is 0 Å². The van der Waals surface area contributed by atoms with E-state index in [-0.39, 0.29) is 0 Å². The van der Waals surface area contributed by atoms with E-state index in [0.717, 1.165) is 38.7 Å². The Morgan fingerprint density at radius 2 is 1.67 bits per heavy atom. The van der Waals surface area contributed by atoms with Gasteiger partial charge in [0, 0.05) is 77.7 Å². The van der Waals surface area contributed by atoms with Crippen molar-refractivity contribution in [1.29, 1.82) is 0 Å². The standard InChI is InChI=1S/C21H36N6/c1-4-24-10-12-25(13-11-24)19(2)18-23-21(22-3)27-16-14-26(15-17-27)20-8-6-5-7-9-20/h5-9,19H,4,10-18H2,1-3H3,(H,22,23). The maximum absolute atomic E-state index is 4.54. The Labute approximate surface area is 164 Å². The first-order valence-corrected chi connectivity index (χ1v) is 10.4. The number of hydrogen-bond acceptors (Lipinski definition) is 4. The fourth-order valence-corrected chi connectivity index (χ4v) is 4.04. The Hall–Kier alpha value is -1.79. The van der Waals surface area contributed by atoms with E-state index in [1.807, 2.05) is 7.05 Å². The molecule has 1 unspecified atom stereocenters. The second-order valence-corrected chi connectivity index (χ2v) is 7.56. The van der Waals surface area contributed by atoms with Gasteiger partial charge in [0.25, 0.3) is 0 Å². The smallest absolute Gasteiger partial charge is 0.193 e. The molecule has 2 saturated heterocycles. The van der Waals surface area contributed by atoms with Gasteiger partial charge in [-0.15, -0.1) is 0 Å². The van der Waals surface area contributed by atoms with Crippen molar-refractivity contribution in [2.24, 2.45) is 4.99 Å². The Bertz CT molecular complexity index is 574. The van der Waals surface area contributed by atoms with E-state index in [4.69, 9.17) is 0 Å². The number of aliphatic imine (C=N–C) groups is 1. The van der Waals surface area contributed by atoms with Crippen LogP contribution in [-0.2, 0) is 0 Å². The lowest BCUT2D eigenvalue weighted by molar-refractivity contribution is 0.107. The van der Waals surface area contributed by atoms with Crippen molar-refractivity contribution in [3.05, 3.63) is 30.3 Å². The van der Waals surface area contributed by atoms with Gasteiger partial charge in [-0.25, -0.2) is 0 Å². The molecule has 150 valence electrons. The summed E-state index contributed by atoms with van der Waals surface area (Å²) >= 11 is 0. The van der Waals surface area contributed by atoms with Crippen molar-refractivity contribution in [1.82, 2.24) is 20.0 Å². The number of nitrogens with zero attached hydrogens (tertiary/aromatic N) is 5. The third kappa shape index (κ3) is 5.36. The Morgan fingerprint density at radius 1 is 1.00 bits per heavy atom. The molecule has 0 amide bonds. The topological polar surface area (TPSA) is 37.4 Å². The molecule has 2 fully saturated rings. The van der Waals surface area contributed by atoms with E-state index >= 15 is 0 Å². The van der Waals surface area contributed by atoms with Gasteiger partial charge in [-0.1, -0.05) is 25.1 Å². The molecule has 3 rings (SSSR count). The molecule has 2 heterocycles. The van der Waals surface area contributed by atoms with Gasteiger partial charge in [0.05, 0.1) is 0 Å². The van der Waals surface area contributed by atoms with Crippen LogP contribution in [0, 0.1) is 0 Å². The second-order valence-electron chi connectivity index (χ2n) is 7.56. The molecule has 0 spiro atoms. The van der Waals surface area contributed by atoms with Crippen LogP contribution in [0.2, 0.25) is 0 Å². The van der Waals surface area contributed by atoms with E-state index in [0.29, 0.717) is 6.04 Å². The largest absolute Gasteiger partial charge is 0.368 e. The summed E-state index contributed by atoms with van der Waals surface area (Å²) in [5, 5.41) is 3.62. The van der Waals surface area contributed by atoms with Gasteiger partial charge in [0.2, 0.25) is 0 Å². The number of nitrogens with one attached hydrogen (secondary N) is 1. The molecule has 0 saturated carbocycles. The van der Waals surface area contributed by atoms with E-state index in [2.05, 4.69) is 74.1 Å². The molecule has 1 atom stereocenters. The van der Waals surface area contributed by atoms with Crippen molar-refractivity contribution in [2.45, 2.75) is 19.9 Å². The molecule has 1 N–H and O–H groups in total. The molecule has 0 radical (unpaired) electrons. The number of piperazine rings is 2. The SMILES string of the molecule is CCN1CCN(C(C)CNC(=NC)N2CCN(c3ccccc3)CC2)CC1. The van der Waals surface area contributed by atoms with Gasteiger partial charge in [-0.2, -0.15) is 0 Å². The maximum Gasteiger partial charge on any atom is 0.193 e. The highest BCUT2D eigenvalue weighted by Gasteiger charge is 2.22. The molecule has 6 heteroatoms. The lowest BCUT2D eigenvalue weighted by Gasteiger charge is -2.39. The van der Waals surface area contributed by atoms with Gasteiger partial charge in [0.15, 0.2) is 5.96 Å². The number of guanidine groups is 1. The first-order valence-electron chi connectivity index (χ1n) is 10.4. The number of rotatable bonds is 5. The molecule has 1 aromatic carbocycles. The minimum absolute atomic E-state index is 0.534. The highest BCUT2D eigenvalue weighted by atomic mass is 15.4. The lowest BCUT2D eigenvalue weighted by Crippen LogP contribution is -2.56. The van der Waals surface area contributed by atoms with Crippen molar-refractivity contribution >= 4 is 11.6 Å². The number of anilines is 1. The normalized spacial score (nSPS) is 21.4. The van der Waals surface area contributed by atoms with Crippen LogP contribution in [-0.4, -0.2) is 99.2 Å². The Kier molecular flexibility index (Phi) is 7.35. The number of benzene rings is 1. The number of likely N-dealkylation sites (N-methyl/N-ethyl adjacent to an activating group) is 1. The quantitative estimate of drug-likeness (QED) is 0.625. The molecule has 0 bridgehead atoms. The van der Waals surface area contributed by atoms with Gasteiger partial charge in [-0.05, 0) is 25.6 Å². The van der Waals surface area contributed by atoms with E-state index in [1.54, 1.807) is 0 Å². The highest BCUT2D eigenvalue weighted by Crippen LogP contribution is 2.15. The first-order chi connectivity index (χ1) is 13.2. The summed E-state index contributed by atoms with van der Waals surface area (Å²) in [6, 6.07) is 11.2. The summed E-state index contributed by atoms with van der Waals surface area (Å²) in [5.74, 6) is 1.04. The zero-order valence-corrected chi connectivity index (χ0v) is 17.3. The van der Waals surface area contributed by atoms with E-state index in [1.165, 1.54) is 38.4 Å². The predicted molar refractivity (Wildman–Crippen MR) is 115 cm³/mol. The predicted octanol–water partition coefficient (Wildman–Crippen LogP) is 1.41. The van der Waals surface area contributed by atoms with E-state index < -0.39 is 0 Å². The second kappa shape index (κ2) is 9.95. The molecule has 2 aliphatic rings. The average Bonchev–Trinajstić information content (AvgIpc) is 2.75. The summed E-state index contributed by atoms with van der Waals surface area (Å²) in [6.45, 7) is 15.5. The number of para-hydroxylation sites is 1. The first kappa shape index (κ1) is 20.0. The van der Waals surface area contributed by atoms with Crippen molar-refractivity contribution in [3.63, 3.8) is 0 Å². The molecule has 1 aromatic rings. The highest BCUT2D eigenvalue weighted by molar-refractivity contribution is 5.80. The van der Waals surface area contributed by atoms with Crippen LogP contribution in [0.3, 0.4) is 0 Å². The zero-order chi connectivity index (χ0) is 19.1. The fraction of sp³-hybridized carbons (Fsp3) is 0.667. The molecular weight excluding hydrogens is 336 g/mol. The summed E-state index contributed by atoms with van der Waals surface area (Å²) in [6.07, 6.45) is 0. The third-order valence-electron chi connectivity index (χ3n) is 5.95. The molecule has 6 nitrogen and oxygen atoms in total. The van der Waals surface area contributed by atoms with Crippen LogP contribution in [0.5, 0.6) is 0 Å². The summed E-state index contributed by atoms with van der Waals surface area (Å²) < 4.78 is 0. The molecule has 2 aliphatic heterocycles. The van der Waals surface area contributed by atoms with Gasteiger partial charge >= 0.3 is 0 Å². The lowest BCUT2D eigenvalue weighted by atomic mass is 10.2. The van der Waals surface area contributed by atoms with Crippen molar-refractivity contribution in [2.75, 3.05) is 77.4 Å². The van der Waals surface area contributed by atoms with Crippen LogP contribution in [0.25, 0.3) is 0 Å².